The molecule has 0 bridgehead atoms. The molecule has 0 atom stereocenters. The van der Waals surface area contributed by atoms with Gasteiger partial charge >= 0.3 is 0 Å². The summed E-state index contributed by atoms with van der Waals surface area (Å²) in [7, 11) is 0. The van der Waals surface area contributed by atoms with E-state index < -0.39 is 0 Å². The Morgan fingerprint density at radius 3 is 2.67 bits per heavy atom. The number of nitrogens with one attached hydrogen (secondary N) is 2. The highest BCUT2D eigenvalue weighted by Gasteiger charge is 2.36. The maximum Gasteiger partial charge on any atom is 0.000517 e. The van der Waals surface area contributed by atoms with Crippen molar-refractivity contribution in [3.63, 3.8) is 0 Å². The van der Waals surface area contributed by atoms with Crippen LogP contribution in [0.15, 0.2) is 0 Å². The first-order valence-corrected chi connectivity index (χ1v) is 6.70. The Bertz CT molecular complexity index is 181. The molecule has 2 heteroatoms. The van der Waals surface area contributed by atoms with Crippen molar-refractivity contribution in [2.45, 2.75) is 45.4 Å². The third-order valence-electron chi connectivity index (χ3n) is 4.08. The summed E-state index contributed by atoms with van der Waals surface area (Å²) in [6, 6.07) is 0. The van der Waals surface area contributed by atoms with E-state index >= 15 is 0 Å². The molecular weight excluding hydrogens is 184 g/mol. The number of piperidine rings is 1. The van der Waals surface area contributed by atoms with Crippen LogP contribution in [0, 0.1) is 11.3 Å². The topological polar surface area (TPSA) is 24.1 Å². The Hall–Kier alpha value is -0.0800. The number of rotatable bonds is 6. The summed E-state index contributed by atoms with van der Waals surface area (Å²) in [4.78, 5) is 0. The molecule has 1 aliphatic heterocycles. The Morgan fingerprint density at radius 2 is 2.00 bits per heavy atom. The Balaban J connectivity index is 1.44. The third kappa shape index (κ3) is 4.12. The molecule has 0 amide bonds. The van der Waals surface area contributed by atoms with Gasteiger partial charge in [-0.1, -0.05) is 6.92 Å². The summed E-state index contributed by atoms with van der Waals surface area (Å²) < 4.78 is 0. The molecule has 1 aliphatic carbocycles. The summed E-state index contributed by atoms with van der Waals surface area (Å²) in [6.07, 6.45) is 8.49. The number of hydrogen-bond acceptors (Lipinski definition) is 2. The van der Waals surface area contributed by atoms with Crippen LogP contribution in [0.3, 0.4) is 0 Å². The van der Waals surface area contributed by atoms with E-state index in [1.54, 1.807) is 0 Å². The molecule has 2 nitrogen and oxygen atoms in total. The van der Waals surface area contributed by atoms with Crippen molar-refractivity contribution in [3.8, 4) is 0 Å². The van der Waals surface area contributed by atoms with E-state index in [2.05, 4.69) is 17.6 Å². The predicted octanol–water partition coefficient (Wildman–Crippen LogP) is 2.16. The van der Waals surface area contributed by atoms with Gasteiger partial charge in [0.15, 0.2) is 0 Å². The monoisotopic (exact) mass is 210 g/mol. The van der Waals surface area contributed by atoms with Crippen molar-refractivity contribution in [1.29, 1.82) is 0 Å². The van der Waals surface area contributed by atoms with E-state index in [1.807, 2.05) is 0 Å². The molecule has 15 heavy (non-hydrogen) atoms. The first-order valence-electron chi connectivity index (χ1n) is 6.70. The lowest BCUT2D eigenvalue weighted by Gasteiger charge is -2.22. The second-order valence-electron chi connectivity index (χ2n) is 5.82. The lowest BCUT2D eigenvalue weighted by Crippen LogP contribution is -2.28. The van der Waals surface area contributed by atoms with Crippen LogP contribution in [0.2, 0.25) is 0 Å². The minimum absolute atomic E-state index is 0.675. The average molecular weight is 210 g/mol. The molecule has 88 valence electrons. The molecular formula is C13H26N2. The van der Waals surface area contributed by atoms with Gasteiger partial charge in [0.05, 0.1) is 0 Å². The molecule has 0 spiro atoms. The lowest BCUT2D eigenvalue weighted by atomic mass is 9.93. The summed E-state index contributed by atoms with van der Waals surface area (Å²) in [5.41, 5.74) is 0.675. The van der Waals surface area contributed by atoms with Crippen LogP contribution in [0.25, 0.3) is 0 Å². The highest BCUT2D eigenvalue weighted by molar-refractivity contribution is 4.90. The van der Waals surface area contributed by atoms with Crippen LogP contribution < -0.4 is 10.6 Å². The van der Waals surface area contributed by atoms with Crippen LogP contribution in [0.4, 0.5) is 0 Å². The van der Waals surface area contributed by atoms with Crippen molar-refractivity contribution in [3.05, 3.63) is 0 Å². The zero-order valence-corrected chi connectivity index (χ0v) is 10.1. The fourth-order valence-electron chi connectivity index (χ4n) is 2.47. The van der Waals surface area contributed by atoms with Crippen molar-refractivity contribution < 1.29 is 0 Å². The van der Waals surface area contributed by atoms with Gasteiger partial charge in [0, 0.05) is 6.54 Å². The van der Waals surface area contributed by atoms with Crippen molar-refractivity contribution in [1.82, 2.24) is 10.6 Å². The minimum atomic E-state index is 0.675. The van der Waals surface area contributed by atoms with Gasteiger partial charge in [0.1, 0.15) is 0 Å². The minimum Gasteiger partial charge on any atom is -0.317 e. The van der Waals surface area contributed by atoms with Crippen LogP contribution in [-0.2, 0) is 0 Å². The predicted molar refractivity (Wildman–Crippen MR) is 65.0 cm³/mol. The maximum atomic E-state index is 3.61. The zero-order chi connectivity index (χ0) is 10.6. The van der Waals surface area contributed by atoms with Crippen molar-refractivity contribution >= 4 is 0 Å². The zero-order valence-electron chi connectivity index (χ0n) is 10.1. The van der Waals surface area contributed by atoms with Gasteiger partial charge in [-0.15, -0.1) is 0 Å². The normalized spacial score (nSPS) is 25.4. The first-order chi connectivity index (χ1) is 7.29. The van der Waals surface area contributed by atoms with Gasteiger partial charge in [-0.3, -0.25) is 0 Å². The summed E-state index contributed by atoms with van der Waals surface area (Å²) in [5.74, 6) is 1.00. The van der Waals surface area contributed by atoms with E-state index in [-0.39, 0.29) is 0 Å². The summed E-state index contributed by atoms with van der Waals surface area (Å²) in [5, 5.41) is 7.04. The molecule has 0 aromatic rings. The highest BCUT2D eigenvalue weighted by atomic mass is 14.9. The fourth-order valence-corrected chi connectivity index (χ4v) is 2.47. The van der Waals surface area contributed by atoms with Crippen LogP contribution in [0.1, 0.15) is 45.4 Å². The van der Waals surface area contributed by atoms with Gasteiger partial charge in [-0.05, 0) is 69.5 Å². The molecule has 0 radical (unpaired) electrons. The second-order valence-corrected chi connectivity index (χ2v) is 5.82. The molecule has 0 aromatic carbocycles. The largest absolute Gasteiger partial charge is 0.317 e. The molecule has 1 saturated carbocycles. The van der Waals surface area contributed by atoms with Crippen LogP contribution in [0.5, 0.6) is 0 Å². The standard InChI is InChI=1S/C13H26N2/c1-13(6-7-13)11-15-8-2-3-12-4-9-14-10-5-12/h12,14-15H,2-11H2,1H3. The molecule has 2 fully saturated rings. The van der Waals surface area contributed by atoms with Gasteiger partial charge in [-0.2, -0.15) is 0 Å². The quantitative estimate of drug-likeness (QED) is 0.657. The maximum absolute atomic E-state index is 3.61. The van der Waals surface area contributed by atoms with E-state index in [0.29, 0.717) is 5.41 Å². The Morgan fingerprint density at radius 1 is 1.27 bits per heavy atom. The van der Waals surface area contributed by atoms with Gasteiger partial charge in [0.2, 0.25) is 0 Å². The van der Waals surface area contributed by atoms with Crippen molar-refractivity contribution in [2.24, 2.45) is 11.3 Å². The fraction of sp³-hybridized carbons (Fsp3) is 1.00. The van der Waals surface area contributed by atoms with E-state index in [4.69, 9.17) is 0 Å². The highest BCUT2D eigenvalue weighted by Crippen LogP contribution is 2.43. The van der Waals surface area contributed by atoms with E-state index in [0.717, 1.165) is 5.92 Å². The molecule has 2 aliphatic rings. The van der Waals surface area contributed by atoms with Gasteiger partial charge < -0.3 is 10.6 Å². The Labute approximate surface area is 94.2 Å². The molecule has 2 rings (SSSR count). The van der Waals surface area contributed by atoms with Crippen molar-refractivity contribution in [2.75, 3.05) is 26.2 Å². The smallest absolute Gasteiger partial charge is 0.000517 e. The SMILES string of the molecule is CC1(CNCCCC2CCNCC2)CC1. The van der Waals surface area contributed by atoms with Gasteiger partial charge in [-0.25, -0.2) is 0 Å². The molecule has 1 heterocycles. The lowest BCUT2D eigenvalue weighted by molar-refractivity contribution is 0.342. The second kappa shape index (κ2) is 5.31. The first kappa shape index (κ1) is 11.4. The average Bonchev–Trinajstić information content (AvgIpc) is 2.98. The Kier molecular flexibility index (Phi) is 4.04. The summed E-state index contributed by atoms with van der Waals surface area (Å²) >= 11 is 0. The van der Waals surface area contributed by atoms with E-state index in [1.165, 1.54) is 64.7 Å². The van der Waals surface area contributed by atoms with Crippen LogP contribution >= 0.6 is 0 Å². The van der Waals surface area contributed by atoms with Gasteiger partial charge in [0.25, 0.3) is 0 Å². The van der Waals surface area contributed by atoms with Crippen LogP contribution in [-0.4, -0.2) is 26.2 Å². The van der Waals surface area contributed by atoms with E-state index in [9.17, 15) is 0 Å². The molecule has 0 unspecified atom stereocenters. The molecule has 1 saturated heterocycles. The molecule has 2 N–H and O–H groups in total. The number of hydrogen-bond donors (Lipinski definition) is 2. The summed E-state index contributed by atoms with van der Waals surface area (Å²) in [6.45, 7) is 7.37. The third-order valence-corrected chi connectivity index (χ3v) is 4.08. The molecule has 0 aromatic heterocycles.